The monoisotopic (exact) mass is 425 g/mol. The number of nitrogens with two attached hydrogens (primary N) is 1. The van der Waals surface area contributed by atoms with Crippen LogP contribution in [0, 0.1) is 5.41 Å². The van der Waals surface area contributed by atoms with E-state index in [1.807, 2.05) is 6.07 Å². The van der Waals surface area contributed by atoms with Gasteiger partial charge in [0.2, 0.25) is 0 Å². The summed E-state index contributed by atoms with van der Waals surface area (Å²) in [5.74, 6) is 0.277. The van der Waals surface area contributed by atoms with Crippen molar-refractivity contribution < 1.29 is 19.4 Å². The Morgan fingerprint density at radius 2 is 2.06 bits per heavy atom. The van der Waals surface area contributed by atoms with E-state index in [2.05, 4.69) is 5.32 Å². The molecule has 0 saturated heterocycles. The number of benzene rings is 1. The van der Waals surface area contributed by atoms with Crippen LogP contribution in [0.2, 0.25) is 0 Å². The van der Waals surface area contributed by atoms with Crippen LogP contribution >= 0.6 is 0 Å². The Morgan fingerprint density at radius 3 is 2.74 bits per heavy atom. The molecule has 8 nitrogen and oxygen atoms in total. The number of hydrogen-bond acceptors (Lipinski definition) is 6. The average Bonchev–Trinajstić information content (AvgIpc) is 2.71. The number of carbonyl (C=O) groups excluding carboxylic acids is 2. The molecule has 8 heteroatoms. The molecule has 0 aliphatic heterocycles. The lowest BCUT2D eigenvalue weighted by atomic mass is 9.52. The maximum absolute atomic E-state index is 12.8. The van der Waals surface area contributed by atoms with E-state index in [-0.39, 0.29) is 48.9 Å². The number of amides is 1. The van der Waals surface area contributed by atoms with Gasteiger partial charge in [0, 0.05) is 18.3 Å². The highest BCUT2D eigenvalue weighted by molar-refractivity contribution is 5.95. The third-order valence-electron chi connectivity index (χ3n) is 6.20. The van der Waals surface area contributed by atoms with E-state index in [0.717, 1.165) is 31.2 Å². The Balaban J connectivity index is 1.48. The maximum atomic E-state index is 12.8. The predicted molar refractivity (Wildman–Crippen MR) is 114 cm³/mol. The first-order valence-electron chi connectivity index (χ1n) is 10.5. The van der Waals surface area contributed by atoms with Crippen LogP contribution in [0.1, 0.15) is 52.0 Å². The van der Waals surface area contributed by atoms with E-state index in [9.17, 15) is 14.4 Å². The van der Waals surface area contributed by atoms with Crippen molar-refractivity contribution in [3.05, 3.63) is 63.6 Å². The van der Waals surface area contributed by atoms with Crippen LogP contribution < -0.4 is 21.3 Å². The smallest absolute Gasteiger partial charge is 0.261 e. The number of aliphatic hydroxyl groups excluding tert-OH is 1. The Kier molecular flexibility index (Phi) is 5.93. The standard InChI is InChI=1S/C23H27N3O5/c24-18-8-23(9-18)10-19(11-23)25-21(29)16-7-17(14-28)22(30)26(13-16)12-15-2-1-3-20(6-15)31-5-4-27/h1-3,6-7,13-14,18-19,27H,4-5,8-12,24H2,(H,25,29). The fraction of sp³-hybridized carbons (Fsp3) is 0.435. The number of nitrogens with zero attached hydrogens (tertiary/aromatic N) is 1. The molecular weight excluding hydrogens is 398 g/mol. The van der Waals surface area contributed by atoms with Crippen molar-refractivity contribution in [3.8, 4) is 5.75 Å². The van der Waals surface area contributed by atoms with Gasteiger partial charge in [0.1, 0.15) is 12.4 Å². The van der Waals surface area contributed by atoms with Crippen molar-refractivity contribution in [1.29, 1.82) is 0 Å². The Labute approximate surface area is 180 Å². The first-order valence-corrected chi connectivity index (χ1v) is 10.5. The number of hydrogen-bond donors (Lipinski definition) is 3. The summed E-state index contributed by atoms with van der Waals surface area (Å²) in [6, 6.07) is 8.83. The SMILES string of the molecule is NC1CC2(C1)CC(NC(=O)c1cc(C=O)c(=O)n(Cc3cccc(OCCO)c3)c1)C2. The molecule has 1 aromatic heterocycles. The van der Waals surface area contributed by atoms with Crippen molar-refractivity contribution >= 4 is 12.2 Å². The molecular formula is C23H27N3O5. The average molecular weight is 425 g/mol. The Bertz CT molecular complexity index is 1030. The summed E-state index contributed by atoms with van der Waals surface area (Å²) in [7, 11) is 0. The number of carbonyl (C=O) groups is 2. The molecule has 0 radical (unpaired) electrons. The van der Waals surface area contributed by atoms with Crippen LogP contribution in [-0.2, 0) is 6.54 Å². The molecule has 1 heterocycles. The van der Waals surface area contributed by atoms with Crippen LogP contribution in [0.15, 0.2) is 41.3 Å². The highest BCUT2D eigenvalue weighted by Gasteiger charge is 2.52. The summed E-state index contributed by atoms with van der Waals surface area (Å²) in [6.07, 6.45) is 5.84. The van der Waals surface area contributed by atoms with Crippen molar-refractivity contribution in [2.24, 2.45) is 11.1 Å². The lowest BCUT2D eigenvalue weighted by molar-refractivity contribution is -0.0159. The fourth-order valence-electron chi connectivity index (χ4n) is 4.82. The van der Waals surface area contributed by atoms with Gasteiger partial charge in [-0.15, -0.1) is 0 Å². The summed E-state index contributed by atoms with van der Waals surface area (Å²) >= 11 is 0. The quantitative estimate of drug-likeness (QED) is 0.544. The summed E-state index contributed by atoms with van der Waals surface area (Å²) in [5.41, 5.74) is 6.72. The van der Waals surface area contributed by atoms with Crippen LogP contribution in [0.4, 0.5) is 0 Å². The molecule has 2 saturated carbocycles. The molecule has 1 aromatic carbocycles. The number of aliphatic hydroxyl groups is 1. The molecule has 2 aliphatic rings. The summed E-state index contributed by atoms with van der Waals surface area (Å²) in [5, 5.41) is 11.9. The van der Waals surface area contributed by atoms with E-state index in [4.69, 9.17) is 15.6 Å². The van der Waals surface area contributed by atoms with Gasteiger partial charge < -0.3 is 25.5 Å². The van der Waals surface area contributed by atoms with E-state index in [0.29, 0.717) is 17.5 Å². The van der Waals surface area contributed by atoms with Crippen LogP contribution in [0.5, 0.6) is 5.75 Å². The predicted octanol–water partition coefficient (Wildman–Crippen LogP) is 1.08. The van der Waals surface area contributed by atoms with Crippen molar-refractivity contribution in [2.45, 2.75) is 44.3 Å². The highest BCUT2D eigenvalue weighted by Crippen LogP contribution is 2.55. The van der Waals surface area contributed by atoms with E-state index in [1.165, 1.54) is 16.8 Å². The minimum absolute atomic E-state index is 0.0598. The van der Waals surface area contributed by atoms with Crippen LogP contribution in [0.3, 0.4) is 0 Å². The zero-order valence-corrected chi connectivity index (χ0v) is 17.3. The molecule has 0 bridgehead atoms. The van der Waals surface area contributed by atoms with Crippen LogP contribution in [-0.4, -0.2) is 47.2 Å². The second-order valence-electron chi connectivity index (χ2n) is 8.70. The molecule has 2 aliphatic carbocycles. The van der Waals surface area contributed by atoms with E-state index >= 15 is 0 Å². The highest BCUT2D eigenvalue weighted by atomic mass is 16.5. The van der Waals surface area contributed by atoms with Gasteiger partial charge in [0.25, 0.3) is 11.5 Å². The topological polar surface area (TPSA) is 124 Å². The molecule has 4 N–H and O–H groups in total. The first kappa shape index (κ1) is 21.3. The third kappa shape index (κ3) is 4.55. The fourth-order valence-corrected chi connectivity index (χ4v) is 4.82. The summed E-state index contributed by atoms with van der Waals surface area (Å²) in [6.45, 7) is 0.253. The number of aldehydes is 1. The minimum Gasteiger partial charge on any atom is -0.491 e. The normalized spacial score (nSPS) is 24.2. The number of rotatable bonds is 8. The lowest BCUT2D eigenvalue weighted by Gasteiger charge is -2.57. The van der Waals surface area contributed by atoms with Gasteiger partial charge in [0.15, 0.2) is 6.29 Å². The molecule has 1 amide bonds. The zero-order valence-electron chi connectivity index (χ0n) is 17.3. The minimum atomic E-state index is -0.459. The third-order valence-corrected chi connectivity index (χ3v) is 6.20. The number of ether oxygens (including phenoxy) is 1. The van der Waals surface area contributed by atoms with Gasteiger partial charge in [-0.3, -0.25) is 14.4 Å². The summed E-state index contributed by atoms with van der Waals surface area (Å²) < 4.78 is 6.76. The largest absolute Gasteiger partial charge is 0.491 e. The summed E-state index contributed by atoms with van der Waals surface area (Å²) in [4.78, 5) is 36.8. The van der Waals surface area contributed by atoms with Crippen molar-refractivity contribution in [3.63, 3.8) is 0 Å². The second-order valence-corrected chi connectivity index (χ2v) is 8.70. The zero-order chi connectivity index (χ0) is 22.0. The van der Waals surface area contributed by atoms with Crippen molar-refractivity contribution in [2.75, 3.05) is 13.2 Å². The van der Waals surface area contributed by atoms with Gasteiger partial charge in [0.05, 0.1) is 24.3 Å². The lowest BCUT2D eigenvalue weighted by Crippen LogP contribution is -2.59. The first-order chi connectivity index (χ1) is 14.9. The molecule has 2 fully saturated rings. The molecule has 1 spiro atoms. The van der Waals surface area contributed by atoms with Gasteiger partial charge in [-0.2, -0.15) is 0 Å². The second kappa shape index (κ2) is 8.64. The number of pyridine rings is 1. The van der Waals surface area contributed by atoms with E-state index in [1.54, 1.807) is 18.2 Å². The molecule has 2 aromatic rings. The van der Waals surface area contributed by atoms with Crippen molar-refractivity contribution in [1.82, 2.24) is 9.88 Å². The molecule has 0 atom stereocenters. The molecule has 4 rings (SSSR count). The Hall–Kier alpha value is -2.97. The van der Waals surface area contributed by atoms with E-state index < -0.39 is 5.56 Å². The van der Waals surface area contributed by atoms with Crippen LogP contribution in [0.25, 0.3) is 0 Å². The molecule has 0 unspecified atom stereocenters. The number of aromatic nitrogens is 1. The van der Waals surface area contributed by atoms with Gasteiger partial charge >= 0.3 is 0 Å². The van der Waals surface area contributed by atoms with Gasteiger partial charge in [-0.25, -0.2) is 0 Å². The van der Waals surface area contributed by atoms with Gasteiger partial charge in [-0.1, -0.05) is 12.1 Å². The Morgan fingerprint density at radius 1 is 1.29 bits per heavy atom. The maximum Gasteiger partial charge on any atom is 0.261 e. The van der Waals surface area contributed by atoms with Gasteiger partial charge in [-0.05, 0) is 54.9 Å². The number of nitrogens with one attached hydrogen (secondary N) is 1. The molecule has 31 heavy (non-hydrogen) atoms. The molecule has 164 valence electrons.